The number of benzene rings is 2. The summed E-state index contributed by atoms with van der Waals surface area (Å²) < 4.78 is 0. The van der Waals surface area contributed by atoms with Crippen molar-refractivity contribution < 1.29 is 4.79 Å². The van der Waals surface area contributed by atoms with Crippen LogP contribution in [0.15, 0.2) is 48.5 Å². The van der Waals surface area contributed by atoms with E-state index in [1.807, 2.05) is 13.0 Å². The minimum absolute atomic E-state index is 0.0913. The second kappa shape index (κ2) is 7.35. The van der Waals surface area contributed by atoms with Crippen LogP contribution in [0.25, 0.3) is 10.9 Å². The fourth-order valence-electron chi connectivity index (χ4n) is 3.11. The predicted octanol–water partition coefficient (Wildman–Crippen LogP) is 4.08. The number of nitrogens with one attached hydrogen (secondary N) is 2. The molecule has 1 heterocycles. The van der Waals surface area contributed by atoms with Crippen molar-refractivity contribution >= 4 is 16.8 Å². The number of amides is 1. The molecule has 3 nitrogen and oxygen atoms in total. The minimum atomic E-state index is 0.0913. The minimum Gasteiger partial charge on any atom is -0.358 e. The van der Waals surface area contributed by atoms with Crippen molar-refractivity contribution in [3.8, 4) is 0 Å². The number of aryl methyl sites for hydroxylation is 3. The zero-order valence-electron chi connectivity index (χ0n) is 14.4. The van der Waals surface area contributed by atoms with Crippen molar-refractivity contribution in [1.29, 1.82) is 0 Å². The van der Waals surface area contributed by atoms with Crippen molar-refractivity contribution in [2.24, 2.45) is 0 Å². The normalized spacial score (nSPS) is 10.9. The van der Waals surface area contributed by atoms with Gasteiger partial charge in [-0.3, -0.25) is 4.79 Å². The number of carbonyl (C=O) groups is 1. The van der Waals surface area contributed by atoms with Crippen LogP contribution < -0.4 is 5.32 Å². The number of aromatic nitrogens is 1. The SMILES string of the molecule is Cc1ccc2[nH]c(C)c(CC(=O)NCCCc3ccccc3)c2c1. The van der Waals surface area contributed by atoms with Crippen molar-refractivity contribution in [3.05, 3.63) is 70.9 Å². The van der Waals surface area contributed by atoms with Gasteiger partial charge in [-0.15, -0.1) is 0 Å². The molecule has 0 radical (unpaired) electrons. The topological polar surface area (TPSA) is 44.9 Å². The van der Waals surface area contributed by atoms with Crippen LogP contribution in [0.1, 0.15) is 28.8 Å². The molecule has 0 fully saturated rings. The lowest BCUT2D eigenvalue weighted by molar-refractivity contribution is -0.120. The van der Waals surface area contributed by atoms with Gasteiger partial charge in [-0.25, -0.2) is 0 Å². The molecule has 2 N–H and O–H groups in total. The fourth-order valence-corrected chi connectivity index (χ4v) is 3.11. The van der Waals surface area contributed by atoms with Gasteiger partial charge in [0.05, 0.1) is 6.42 Å². The summed E-state index contributed by atoms with van der Waals surface area (Å²) >= 11 is 0. The van der Waals surface area contributed by atoms with E-state index in [1.54, 1.807) is 0 Å². The summed E-state index contributed by atoms with van der Waals surface area (Å²) in [4.78, 5) is 15.6. The third-order valence-electron chi connectivity index (χ3n) is 4.42. The summed E-state index contributed by atoms with van der Waals surface area (Å²) in [7, 11) is 0. The molecular formula is C21H24N2O. The summed E-state index contributed by atoms with van der Waals surface area (Å²) in [6, 6.07) is 16.7. The van der Waals surface area contributed by atoms with Gasteiger partial charge < -0.3 is 10.3 Å². The Balaban J connectivity index is 1.55. The van der Waals surface area contributed by atoms with E-state index in [0.717, 1.165) is 35.0 Å². The molecule has 0 spiro atoms. The average molecular weight is 320 g/mol. The van der Waals surface area contributed by atoms with E-state index in [9.17, 15) is 4.79 Å². The molecule has 0 saturated carbocycles. The Morgan fingerprint density at radius 3 is 2.67 bits per heavy atom. The average Bonchev–Trinajstić information content (AvgIpc) is 2.88. The Kier molecular flexibility index (Phi) is 4.99. The maximum atomic E-state index is 12.3. The number of rotatable bonds is 6. The van der Waals surface area contributed by atoms with Gasteiger partial charge in [-0.05, 0) is 49.9 Å². The van der Waals surface area contributed by atoms with Crippen LogP contribution in [-0.2, 0) is 17.6 Å². The van der Waals surface area contributed by atoms with E-state index in [0.29, 0.717) is 13.0 Å². The van der Waals surface area contributed by atoms with Gasteiger partial charge in [0.2, 0.25) is 5.91 Å². The largest absolute Gasteiger partial charge is 0.358 e. The lowest BCUT2D eigenvalue weighted by atomic mass is 10.1. The number of hydrogen-bond acceptors (Lipinski definition) is 1. The highest BCUT2D eigenvalue weighted by atomic mass is 16.1. The van der Waals surface area contributed by atoms with Crippen LogP contribution in [0.5, 0.6) is 0 Å². The summed E-state index contributed by atoms with van der Waals surface area (Å²) in [5, 5.41) is 4.20. The van der Waals surface area contributed by atoms with Gasteiger partial charge in [0.1, 0.15) is 0 Å². The maximum Gasteiger partial charge on any atom is 0.224 e. The molecule has 24 heavy (non-hydrogen) atoms. The van der Waals surface area contributed by atoms with Crippen molar-refractivity contribution in [3.63, 3.8) is 0 Å². The van der Waals surface area contributed by atoms with E-state index < -0.39 is 0 Å². The first kappa shape index (κ1) is 16.3. The fraction of sp³-hybridized carbons (Fsp3) is 0.286. The molecule has 0 bridgehead atoms. The van der Waals surface area contributed by atoms with Crippen molar-refractivity contribution in [2.75, 3.05) is 6.54 Å². The first-order valence-corrected chi connectivity index (χ1v) is 8.52. The highest BCUT2D eigenvalue weighted by Gasteiger charge is 2.12. The van der Waals surface area contributed by atoms with E-state index in [-0.39, 0.29) is 5.91 Å². The molecule has 3 aromatic rings. The molecule has 0 aliphatic carbocycles. The maximum absolute atomic E-state index is 12.3. The van der Waals surface area contributed by atoms with E-state index in [4.69, 9.17) is 0 Å². The third kappa shape index (κ3) is 3.85. The van der Waals surface area contributed by atoms with Crippen LogP contribution in [0.3, 0.4) is 0 Å². The second-order valence-electron chi connectivity index (χ2n) is 6.39. The summed E-state index contributed by atoms with van der Waals surface area (Å²) in [5.74, 6) is 0.0913. The first-order valence-electron chi connectivity index (χ1n) is 8.52. The van der Waals surface area contributed by atoms with Gasteiger partial charge >= 0.3 is 0 Å². The number of carbonyl (C=O) groups excluding carboxylic acids is 1. The summed E-state index contributed by atoms with van der Waals surface area (Å²) in [5.41, 5.74) is 5.81. The van der Waals surface area contributed by atoms with Crippen LogP contribution >= 0.6 is 0 Å². The van der Waals surface area contributed by atoms with Gasteiger partial charge in [0.25, 0.3) is 0 Å². The highest BCUT2D eigenvalue weighted by Crippen LogP contribution is 2.23. The highest BCUT2D eigenvalue weighted by molar-refractivity contribution is 5.90. The van der Waals surface area contributed by atoms with Crippen molar-refractivity contribution in [1.82, 2.24) is 10.3 Å². The number of aromatic amines is 1. The molecule has 0 aliphatic rings. The number of H-pyrrole nitrogens is 1. The van der Waals surface area contributed by atoms with Gasteiger partial charge in [0.15, 0.2) is 0 Å². The smallest absolute Gasteiger partial charge is 0.224 e. The molecule has 0 saturated heterocycles. The molecule has 1 aromatic heterocycles. The van der Waals surface area contributed by atoms with Crippen LogP contribution in [0, 0.1) is 13.8 Å². The summed E-state index contributed by atoms with van der Waals surface area (Å²) in [6.07, 6.45) is 2.38. The first-order chi connectivity index (χ1) is 11.6. The standard InChI is InChI=1S/C21H24N2O/c1-15-10-11-20-19(13-15)18(16(2)23-20)14-21(24)22-12-6-9-17-7-4-3-5-8-17/h3-5,7-8,10-11,13,23H,6,9,12,14H2,1-2H3,(H,22,24). The number of hydrogen-bond donors (Lipinski definition) is 2. The van der Waals surface area contributed by atoms with Crippen LogP contribution in [0.2, 0.25) is 0 Å². The summed E-state index contributed by atoms with van der Waals surface area (Å²) in [6.45, 7) is 4.83. The third-order valence-corrected chi connectivity index (χ3v) is 4.42. The van der Waals surface area contributed by atoms with Gasteiger partial charge in [-0.1, -0.05) is 42.0 Å². The molecule has 0 aliphatic heterocycles. The van der Waals surface area contributed by atoms with E-state index in [2.05, 4.69) is 59.7 Å². The molecule has 2 aromatic carbocycles. The lowest BCUT2D eigenvalue weighted by Gasteiger charge is -2.06. The molecular weight excluding hydrogens is 296 g/mol. The van der Waals surface area contributed by atoms with E-state index >= 15 is 0 Å². The van der Waals surface area contributed by atoms with E-state index in [1.165, 1.54) is 11.1 Å². The zero-order valence-corrected chi connectivity index (χ0v) is 14.4. The second-order valence-corrected chi connectivity index (χ2v) is 6.39. The Labute approximate surface area is 143 Å². The Morgan fingerprint density at radius 1 is 1.08 bits per heavy atom. The Bertz CT molecular complexity index is 834. The predicted molar refractivity (Wildman–Crippen MR) is 99.2 cm³/mol. The molecule has 1 amide bonds. The molecule has 0 unspecified atom stereocenters. The Hall–Kier alpha value is -2.55. The van der Waals surface area contributed by atoms with Crippen LogP contribution in [-0.4, -0.2) is 17.4 Å². The Morgan fingerprint density at radius 2 is 1.88 bits per heavy atom. The van der Waals surface area contributed by atoms with Crippen molar-refractivity contribution in [2.45, 2.75) is 33.1 Å². The quantitative estimate of drug-likeness (QED) is 0.661. The monoisotopic (exact) mass is 320 g/mol. The molecule has 3 heteroatoms. The zero-order chi connectivity index (χ0) is 16.9. The molecule has 0 atom stereocenters. The molecule has 124 valence electrons. The number of fused-ring (bicyclic) bond motifs is 1. The van der Waals surface area contributed by atoms with Crippen LogP contribution in [0.4, 0.5) is 0 Å². The van der Waals surface area contributed by atoms with Gasteiger partial charge in [0, 0.05) is 23.1 Å². The van der Waals surface area contributed by atoms with Gasteiger partial charge in [-0.2, -0.15) is 0 Å². The molecule has 3 rings (SSSR count). The lowest BCUT2D eigenvalue weighted by Crippen LogP contribution is -2.26.